The molecule has 1 unspecified atom stereocenters. The topological polar surface area (TPSA) is 6.48 Å². The molecule has 0 aliphatic carbocycles. The number of nitrogens with zero attached hydrogens (tertiary/aromatic N) is 2. The zero-order valence-corrected chi connectivity index (χ0v) is 8.87. The fourth-order valence-corrected chi connectivity index (χ4v) is 1.05. The van der Waals surface area contributed by atoms with Gasteiger partial charge in [0.2, 0.25) is 0 Å². The number of rotatable bonds is 6. The molecule has 86 valence electrons. The Balaban J connectivity index is 3.98. The molecule has 0 amide bonds. The predicted molar refractivity (Wildman–Crippen MR) is 46.1 cm³/mol. The third-order valence-corrected chi connectivity index (χ3v) is 1.92. The summed E-state index contributed by atoms with van der Waals surface area (Å²) in [4.78, 5) is 0. The lowest BCUT2D eigenvalue weighted by Gasteiger charge is -2.19. The molecule has 8 heteroatoms. The molecular formula is C6H10Cl2F4N2. The van der Waals surface area contributed by atoms with Gasteiger partial charge in [0.25, 0.3) is 0 Å². The Bertz CT molecular complexity index is 162. The minimum atomic E-state index is -1.57. The van der Waals surface area contributed by atoms with E-state index in [0.717, 1.165) is 0 Å². The molecule has 2 nitrogen and oxygen atoms in total. The standard InChI is InChI=1S/C6H10Cl2F4N2/c1-6(7,8)3-2-5(14(11)12)4-13(9)10/h5H,2-4H2,1H3. The van der Waals surface area contributed by atoms with Crippen LogP contribution in [0.5, 0.6) is 0 Å². The molecule has 0 aliphatic rings. The largest absolute Gasteiger partial charge is 0.115 e. The van der Waals surface area contributed by atoms with E-state index in [2.05, 4.69) is 0 Å². The monoisotopic (exact) mass is 256 g/mol. The van der Waals surface area contributed by atoms with Gasteiger partial charge >= 0.3 is 0 Å². The second kappa shape index (κ2) is 5.95. The molecule has 0 saturated carbocycles. The Labute approximate surface area is 89.1 Å². The Kier molecular flexibility index (Phi) is 6.04. The van der Waals surface area contributed by atoms with Gasteiger partial charge in [0.05, 0.1) is 12.6 Å². The van der Waals surface area contributed by atoms with Gasteiger partial charge in [-0.2, -0.15) is 0 Å². The van der Waals surface area contributed by atoms with Crippen LogP contribution in [0.15, 0.2) is 0 Å². The van der Waals surface area contributed by atoms with E-state index < -0.39 is 27.6 Å². The van der Waals surface area contributed by atoms with Crippen molar-refractivity contribution in [3.8, 4) is 0 Å². The second-order valence-electron chi connectivity index (χ2n) is 3.01. The summed E-state index contributed by atoms with van der Waals surface area (Å²) in [6.45, 7) is 0.369. The lowest BCUT2D eigenvalue weighted by Crippen LogP contribution is -2.31. The first-order valence-corrected chi connectivity index (χ1v) is 4.55. The fourth-order valence-electron chi connectivity index (χ4n) is 0.830. The molecule has 0 bridgehead atoms. The van der Waals surface area contributed by atoms with Crippen molar-refractivity contribution >= 4 is 23.2 Å². The summed E-state index contributed by atoms with van der Waals surface area (Å²) in [6.07, 6.45) is -0.195. The van der Waals surface area contributed by atoms with Crippen molar-refractivity contribution in [2.75, 3.05) is 6.54 Å². The van der Waals surface area contributed by atoms with Crippen LogP contribution in [-0.2, 0) is 0 Å². The Hall–Kier alpha value is 0.220. The lowest BCUT2D eigenvalue weighted by molar-refractivity contribution is -0.231. The molecule has 0 rings (SSSR count). The Morgan fingerprint density at radius 3 is 2.00 bits per heavy atom. The fraction of sp³-hybridized carbons (Fsp3) is 1.00. The molecule has 0 N–H and O–H groups in total. The van der Waals surface area contributed by atoms with Crippen LogP contribution in [-0.4, -0.2) is 27.6 Å². The first kappa shape index (κ1) is 14.2. The summed E-state index contributed by atoms with van der Waals surface area (Å²) in [7, 11) is 0. The van der Waals surface area contributed by atoms with Crippen LogP contribution in [0.1, 0.15) is 19.8 Å². The SMILES string of the molecule is CC(Cl)(Cl)CCC(CN(F)F)N(F)F. The molecule has 0 radical (unpaired) electrons. The van der Waals surface area contributed by atoms with Crippen LogP contribution in [0.2, 0.25) is 0 Å². The van der Waals surface area contributed by atoms with E-state index in [0.29, 0.717) is 0 Å². The molecule has 0 aromatic rings. The summed E-state index contributed by atoms with van der Waals surface area (Å²) in [6, 6.07) is -1.57. The average Bonchev–Trinajstić information content (AvgIpc) is 1.94. The van der Waals surface area contributed by atoms with Gasteiger partial charge in [-0.25, -0.2) is 0 Å². The van der Waals surface area contributed by atoms with Gasteiger partial charge in [0.1, 0.15) is 4.33 Å². The highest BCUT2D eigenvalue weighted by molar-refractivity contribution is 6.48. The third kappa shape index (κ3) is 7.61. The number of alkyl halides is 2. The van der Waals surface area contributed by atoms with Crippen molar-refractivity contribution in [1.82, 2.24) is 10.7 Å². The molecule has 0 spiro atoms. The highest BCUT2D eigenvalue weighted by atomic mass is 35.5. The maximum Gasteiger partial charge on any atom is 0.115 e. The number of halogens is 6. The number of hydrogen-bond acceptors (Lipinski definition) is 2. The van der Waals surface area contributed by atoms with Crippen LogP contribution in [0, 0.1) is 0 Å². The molecule has 0 aromatic heterocycles. The van der Waals surface area contributed by atoms with E-state index >= 15 is 0 Å². The van der Waals surface area contributed by atoms with Gasteiger partial charge in [-0.05, 0) is 19.8 Å². The van der Waals surface area contributed by atoms with Gasteiger partial charge in [-0.1, -0.05) is 0 Å². The normalized spacial score (nSPS) is 15.2. The third-order valence-electron chi connectivity index (χ3n) is 1.54. The quantitative estimate of drug-likeness (QED) is 0.408. The summed E-state index contributed by atoms with van der Waals surface area (Å²) in [5.74, 6) is 0. The minimum absolute atomic E-state index is 0.0129. The Morgan fingerprint density at radius 2 is 1.71 bits per heavy atom. The average molecular weight is 257 g/mol. The molecule has 0 fully saturated rings. The van der Waals surface area contributed by atoms with E-state index in [1.165, 1.54) is 6.92 Å². The van der Waals surface area contributed by atoms with E-state index in [-0.39, 0.29) is 12.8 Å². The van der Waals surface area contributed by atoms with Gasteiger partial charge in [-0.3, -0.25) is 0 Å². The maximum atomic E-state index is 12.0. The van der Waals surface area contributed by atoms with Crippen molar-refractivity contribution < 1.29 is 17.9 Å². The highest BCUT2D eigenvalue weighted by Gasteiger charge is 2.26. The van der Waals surface area contributed by atoms with Crippen molar-refractivity contribution in [3.63, 3.8) is 0 Å². The summed E-state index contributed by atoms with van der Waals surface area (Å²) < 4.78 is 46.2. The predicted octanol–water partition coefficient (Wildman–Crippen LogP) is 3.47. The highest BCUT2D eigenvalue weighted by Crippen LogP contribution is 2.27. The van der Waals surface area contributed by atoms with Gasteiger partial charge in [0.15, 0.2) is 0 Å². The molecule has 0 heterocycles. The van der Waals surface area contributed by atoms with Crippen LogP contribution in [0.4, 0.5) is 17.9 Å². The summed E-state index contributed by atoms with van der Waals surface area (Å²) in [5, 5.41) is -2.55. The van der Waals surface area contributed by atoms with E-state index in [9.17, 15) is 17.9 Å². The molecule has 0 aromatic carbocycles. The zero-order chi connectivity index (χ0) is 11.4. The Morgan fingerprint density at radius 1 is 1.21 bits per heavy atom. The van der Waals surface area contributed by atoms with Crippen LogP contribution < -0.4 is 0 Å². The van der Waals surface area contributed by atoms with Crippen molar-refractivity contribution in [2.24, 2.45) is 0 Å². The van der Waals surface area contributed by atoms with E-state index in [1.807, 2.05) is 0 Å². The number of hydrogen-bond donors (Lipinski definition) is 0. The molecular weight excluding hydrogens is 247 g/mol. The summed E-state index contributed by atoms with van der Waals surface area (Å²) >= 11 is 11.0. The maximum absolute atomic E-state index is 12.0. The van der Waals surface area contributed by atoms with Gasteiger partial charge in [0, 0.05) is 10.7 Å². The molecule has 0 saturated heterocycles. The van der Waals surface area contributed by atoms with E-state index in [4.69, 9.17) is 23.2 Å². The van der Waals surface area contributed by atoms with Gasteiger partial charge in [-0.15, -0.1) is 41.1 Å². The minimum Gasteiger partial charge on any atom is -0.102 e. The van der Waals surface area contributed by atoms with Crippen LogP contribution >= 0.6 is 23.2 Å². The van der Waals surface area contributed by atoms with Crippen LogP contribution in [0.3, 0.4) is 0 Å². The molecule has 14 heavy (non-hydrogen) atoms. The lowest BCUT2D eigenvalue weighted by atomic mass is 10.1. The first-order chi connectivity index (χ1) is 6.22. The van der Waals surface area contributed by atoms with Crippen molar-refractivity contribution in [1.29, 1.82) is 0 Å². The van der Waals surface area contributed by atoms with Gasteiger partial charge < -0.3 is 0 Å². The smallest absolute Gasteiger partial charge is 0.102 e. The van der Waals surface area contributed by atoms with Crippen molar-refractivity contribution in [2.45, 2.75) is 30.1 Å². The van der Waals surface area contributed by atoms with Crippen molar-refractivity contribution in [3.05, 3.63) is 0 Å². The summed E-state index contributed by atoms with van der Waals surface area (Å²) in [5.41, 5.74) is 0. The molecule has 1 atom stereocenters. The van der Waals surface area contributed by atoms with E-state index in [1.54, 1.807) is 0 Å². The molecule has 0 aliphatic heterocycles. The zero-order valence-electron chi connectivity index (χ0n) is 7.36. The second-order valence-corrected chi connectivity index (χ2v) is 4.87. The van der Waals surface area contributed by atoms with Crippen LogP contribution in [0.25, 0.3) is 0 Å². The first-order valence-electron chi connectivity index (χ1n) is 3.80.